The Labute approximate surface area is 123 Å². The summed E-state index contributed by atoms with van der Waals surface area (Å²) in [6, 6.07) is 0.254. The van der Waals surface area contributed by atoms with Crippen LogP contribution in [0.4, 0.5) is 0 Å². The van der Waals surface area contributed by atoms with E-state index in [2.05, 4.69) is 19.2 Å². The quantitative estimate of drug-likeness (QED) is 0.812. The highest BCUT2D eigenvalue weighted by atomic mass is 16.2. The first-order valence-electron chi connectivity index (χ1n) is 8.59. The van der Waals surface area contributed by atoms with Crippen LogP contribution in [0.25, 0.3) is 0 Å². The smallest absolute Gasteiger partial charge is 0.223 e. The van der Waals surface area contributed by atoms with Crippen molar-refractivity contribution < 1.29 is 4.79 Å². The second-order valence-corrected chi connectivity index (χ2v) is 7.89. The van der Waals surface area contributed by atoms with E-state index >= 15 is 0 Å². The van der Waals surface area contributed by atoms with Crippen molar-refractivity contribution in [1.82, 2.24) is 5.32 Å². The minimum absolute atomic E-state index is 0.254. The first kappa shape index (κ1) is 14.4. The van der Waals surface area contributed by atoms with E-state index < -0.39 is 0 Å². The fourth-order valence-electron chi connectivity index (χ4n) is 5.38. The Hall–Kier alpha value is -0.570. The van der Waals surface area contributed by atoms with Crippen molar-refractivity contribution in [2.24, 2.45) is 41.2 Å². The second kappa shape index (κ2) is 5.67. The van der Waals surface area contributed by atoms with Crippen LogP contribution in [0.3, 0.4) is 0 Å². The van der Waals surface area contributed by atoms with Crippen LogP contribution >= 0.6 is 0 Å². The molecule has 20 heavy (non-hydrogen) atoms. The zero-order valence-corrected chi connectivity index (χ0v) is 13.0. The highest BCUT2D eigenvalue weighted by Crippen LogP contribution is 2.56. The molecule has 0 radical (unpaired) electrons. The highest BCUT2D eigenvalue weighted by molar-refractivity contribution is 5.80. The van der Waals surface area contributed by atoms with Gasteiger partial charge in [0, 0.05) is 12.0 Å². The highest BCUT2D eigenvalue weighted by Gasteiger charge is 2.50. The molecule has 0 aromatic carbocycles. The Morgan fingerprint density at radius 1 is 1.10 bits per heavy atom. The summed E-state index contributed by atoms with van der Waals surface area (Å²) in [6.45, 7) is 5.01. The van der Waals surface area contributed by atoms with E-state index in [-0.39, 0.29) is 6.04 Å². The number of hydrogen-bond donors (Lipinski definition) is 2. The van der Waals surface area contributed by atoms with Crippen molar-refractivity contribution in [2.45, 2.75) is 58.4 Å². The molecule has 3 heteroatoms. The molecule has 3 nitrogen and oxygen atoms in total. The maximum atomic E-state index is 12.8. The van der Waals surface area contributed by atoms with Gasteiger partial charge in [-0.15, -0.1) is 0 Å². The monoisotopic (exact) mass is 278 g/mol. The minimum Gasteiger partial charge on any atom is -0.353 e. The molecule has 1 amide bonds. The molecule has 4 rings (SSSR count). The van der Waals surface area contributed by atoms with Gasteiger partial charge in [-0.3, -0.25) is 4.79 Å². The van der Waals surface area contributed by atoms with Crippen molar-refractivity contribution in [3.05, 3.63) is 0 Å². The number of amides is 1. The lowest BCUT2D eigenvalue weighted by Gasteiger charge is -2.53. The molecule has 4 fully saturated rings. The minimum atomic E-state index is 0.254. The van der Waals surface area contributed by atoms with Gasteiger partial charge in [0.15, 0.2) is 0 Å². The number of hydrogen-bond acceptors (Lipinski definition) is 2. The van der Waals surface area contributed by atoms with Gasteiger partial charge in [0.2, 0.25) is 5.91 Å². The number of rotatable bonds is 5. The Morgan fingerprint density at radius 2 is 1.65 bits per heavy atom. The Kier molecular flexibility index (Phi) is 4.07. The summed E-state index contributed by atoms with van der Waals surface area (Å²) in [5.74, 6) is 4.35. The van der Waals surface area contributed by atoms with Crippen LogP contribution in [0, 0.1) is 35.5 Å². The molecular weight excluding hydrogens is 248 g/mol. The van der Waals surface area contributed by atoms with Crippen molar-refractivity contribution >= 4 is 5.91 Å². The molecule has 4 saturated carbocycles. The van der Waals surface area contributed by atoms with Crippen LogP contribution in [0.15, 0.2) is 0 Å². The molecule has 4 aliphatic rings. The SMILES string of the molecule is CC(C)C(CCN)NC(=O)C1C2CC3CC(C2)CC1C3. The summed E-state index contributed by atoms with van der Waals surface area (Å²) in [4.78, 5) is 12.8. The normalized spacial score (nSPS) is 40.1. The van der Waals surface area contributed by atoms with Gasteiger partial charge in [-0.25, -0.2) is 0 Å². The zero-order valence-electron chi connectivity index (χ0n) is 13.0. The van der Waals surface area contributed by atoms with Gasteiger partial charge in [-0.1, -0.05) is 13.8 Å². The molecule has 0 aromatic heterocycles. The topological polar surface area (TPSA) is 55.1 Å². The van der Waals surface area contributed by atoms with Gasteiger partial charge in [-0.05, 0) is 74.7 Å². The van der Waals surface area contributed by atoms with Gasteiger partial charge in [0.1, 0.15) is 0 Å². The number of nitrogens with two attached hydrogens (primary N) is 1. The Bertz CT molecular complexity index is 338. The molecule has 0 spiro atoms. The second-order valence-electron chi connectivity index (χ2n) is 7.89. The average Bonchev–Trinajstić information content (AvgIpc) is 2.36. The maximum Gasteiger partial charge on any atom is 0.223 e. The van der Waals surface area contributed by atoms with Crippen molar-refractivity contribution in [3.8, 4) is 0 Å². The summed E-state index contributed by atoms with van der Waals surface area (Å²) >= 11 is 0. The van der Waals surface area contributed by atoms with Gasteiger partial charge < -0.3 is 11.1 Å². The lowest BCUT2D eigenvalue weighted by molar-refractivity contribution is -0.139. The van der Waals surface area contributed by atoms with Crippen LogP contribution < -0.4 is 11.1 Å². The molecule has 0 aromatic rings. The Balaban J connectivity index is 1.65. The third kappa shape index (κ3) is 2.61. The number of carbonyl (C=O) groups excluding carboxylic acids is 1. The fraction of sp³-hybridized carbons (Fsp3) is 0.941. The van der Waals surface area contributed by atoms with Crippen molar-refractivity contribution in [1.29, 1.82) is 0 Å². The van der Waals surface area contributed by atoms with Crippen molar-refractivity contribution in [2.75, 3.05) is 6.54 Å². The van der Waals surface area contributed by atoms with Crippen LogP contribution in [-0.4, -0.2) is 18.5 Å². The predicted octanol–water partition coefficient (Wildman–Crippen LogP) is 2.55. The standard InChI is InChI=1S/C17H30N2O/c1-10(2)15(3-4-18)19-17(20)16-13-6-11-5-12(8-13)9-14(16)7-11/h10-16H,3-9,18H2,1-2H3,(H,19,20). The average molecular weight is 278 g/mol. The van der Waals surface area contributed by atoms with Gasteiger partial charge >= 0.3 is 0 Å². The number of carbonyl (C=O) groups is 1. The Morgan fingerprint density at radius 3 is 2.10 bits per heavy atom. The van der Waals surface area contributed by atoms with Gasteiger partial charge in [0.25, 0.3) is 0 Å². The summed E-state index contributed by atoms with van der Waals surface area (Å²) < 4.78 is 0. The summed E-state index contributed by atoms with van der Waals surface area (Å²) in [5.41, 5.74) is 5.69. The van der Waals surface area contributed by atoms with Crippen LogP contribution in [0.1, 0.15) is 52.4 Å². The van der Waals surface area contributed by atoms with E-state index in [4.69, 9.17) is 5.73 Å². The summed E-state index contributed by atoms with van der Waals surface area (Å²) in [6.07, 6.45) is 7.60. The molecular formula is C17H30N2O. The van der Waals surface area contributed by atoms with Crippen LogP contribution in [0.5, 0.6) is 0 Å². The third-order valence-corrected chi connectivity index (χ3v) is 6.14. The first-order valence-corrected chi connectivity index (χ1v) is 8.59. The lowest BCUT2D eigenvalue weighted by Crippen LogP contribution is -2.53. The van der Waals surface area contributed by atoms with E-state index in [9.17, 15) is 4.79 Å². The molecule has 1 unspecified atom stereocenters. The third-order valence-electron chi connectivity index (χ3n) is 6.14. The lowest BCUT2D eigenvalue weighted by atomic mass is 9.51. The van der Waals surface area contributed by atoms with Gasteiger partial charge in [-0.2, -0.15) is 0 Å². The van der Waals surface area contributed by atoms with E-state index in [1.165, 1.54) is 32.1 Å². The molecule has 0 saturated heterocycles. The number of nitrogens with one attached hydrogen (secondary N) is 1. The van der Waals surface area contributed by atoms with Gasteiger partial charge in [0.05, 0.1) is 0 Å². The summed E-state index contributed by atoms with van der Waals surface area (Å²) in [5, 5.41) is 3.33. The summed E-state index contributed by atoms with van der Waals surface area (Å²) in [7, 11) is 0. The van der Waals surface area contributed by atoms with Crippen molar-refractivity contribution in [3.63, 3.8) is 0 Å². The predicted molar refractivity (Wildman–Crippen MR) is 81.0 cm³/mol. The molecule has 0 aliphatic heterocycles. The first-order chi connectivity index (χ1) is 9.58. The van der Waals surface area contributed by atoms with E-state index in [1.807, 2.05) is 0 Å². The fourth-order valence-corrected chi connectivity index (χ4v) is 5.38. The largest absolute Gasteiger partial charge is 0.353 e. The van der Waals surface area contributed by atoms with E-state index in [1.54, 1.807) is 0 Å². The van der Waals surface area contributed by atoms with E-state index in [0.29, 0.717) is 36.1 Å². The van der Waals surface area contributed by atoms with Crippen LogP contribution in [0.2, 0.25) is 0 Å². The molecule has 114 valence electrons. The maximum absolute atomic E-state index is 12.8. The zero-order chi connectivity index (χ0) is 14.3. The molecule has 1 atom stereocenters. The van der Waals surface area contributed by atoms with Crippen LogP contribution in [-0.2, 0) is 4.79 Å². The molecule has 4 aliphatic carbocycles. The molecule has 4 bridgehead atoms. The molecule has 3 N–H and O–H groups in total. The van der Waals surface area contributed by atoms with E-state index in [0.717, 1.165) is 18.3 Å². The molecule has 0 heterocycles.